The zero-order valence-electron chi connectivity index (χ0n) is 18.1. The Labute approximate surface area is 183 Å². The summed E-state index contributed by atoms with van der Waals surface area (Å²) in [5.41, 5.74) is -0.261. The highest BCUT2D eigenvalue weighted by molar-refractivity contribution is 5.88. The zero-order valence-corrected chi connectivity index (χ0v) is 18.1. The summed E-state index contributed by atoms with van der Waals surface area (Å²) in [6, 6.07) is 4.77. The smallest absolute Gasteiger partial charge is 0.271 e. The van der Waals surface area contributed by atoms with Gasteiger partial charge in [0.25, 0.3) is 12.0 Å². The number of rotatable bonds is 5. The average Bonchev–Trinajstić information content (AvgIpc) is 2.73. The van der Waals surface area contributed by atoms with Crippen LogP contribution < -0.4 is 15.9 Å². The van der Waals surface area contributed by atoms with Crippen LogP contribution in [0, 0.1) is 12.7 Å². The van der Waals surface area contributed by atoms with Gasteiger partial charge in [0.1, 0.15) is 17.5 Å². The van der Waals surface area contributed by atoms with E-state index in [1.807, 2.05) is 12.1 Å². The maximum Gasteiger partial charge on any atom is 0.271 e. The molecule has 170 valence electrons. The number of fused-ring (bicyclic) bond motifs is 1. The molecule has 32 heavy (non-hydrogen) atoms. The van der Waals surface area contributed by atoms with Crippen LogP contribution in [0.1, 0.15) is 36.3 Å². The number of nitrogens with one attached hydrogen (secondary N) is 1. The van der Waals surface area contributed by atoms with E-state index in [1.54, 1.807) is 24.7 Å². The van der Waals surface area contributed by atoms with Crippen LogP contribution >= 0.6 is 0 Å². The van der Waals surface area contributed by atoms with Gasteiger partial charge in [0.15, 0.2) is 0 Å². The number of nitrogens with zero attached hydrogens (tertiary/aromatic N) is 5. The second-order valence-corrected chi connectivity index (χ2v) is 8.05. The number of halogens is 3. The molecule has 0 amide bonds. The summed E-state index contributed by atoms with van der Waals surface area (Å²) in [6.45, 7) is 6.42. The minimum absolute atomic E-state index is 0.111. The minimum atomic E-state index is -2.90. The predicted molar refractivity (Wildman–Crippen MR) is 117 cm³/mol. The Morgan fingerprint density at radius 2 is 1.78 bits per heavy atom. The van der Waals surface area contributed by atoms with Crippen LogP contribution in [0.5, 0.6) is 0 Å². The van der Waals surface area contributed by atoms with Crippen molar-refractivity contribution >= 4 is 16.7 Å². The first-order chi connectivity index (χ1) is 15.2. The van der Waals surface area contributed by atoms with Gasteiger partial charge in [-0.1, -0.05) is 18.2 Å². The molecule has 3 aromatic rings. The Morgan fingerprint density at radius 1 is 1.09 bits per heavy atom. The van der Waals surface area contributed by atoms with Gasteiger partial charge >= 0.3 is 0 Å². The quantitative estimate of drug-likeness (QED) is 0.649. The molecule has 0 bridgehead atoms. The lowest BCUT2D eigenvalue weighted by molar-refractivity contribution is 0.146. The first kappa shape index (κ1) is 22.1. The summed E-state index contributed by atoms with van der Waals surface area (Å²) >= 11 is 0. The number of likely N-dealkylation sites (N-methyl/N-ethyl adjacent to an activating group) is 1. The molecule has 0 radical (unpaired) electrons. The number of pyridine rings is 1. The summed E-state index contributed by atoms with van der Waals surface area (Å²) < 4.78 is 42.5. The standard InChI is InChI=1S/C22H25F3N6O/c1-13(15-5-4-6-16(20(15)23)21(24)25)26-22-17-12-31(30-9-7-29(3)8-10-30)19(32)11-18(17)27-14(2)28-22/h4-6,11-13,21H,7-10H2,1-3H3,(H,26,27,28)/t13-/m1/s1. The fraction of sp³-hybridized carbons (Fsp3) is 0.409. The van der Waals surface area contributed by atoms with Crippen molar-refractivity contribution in [1.82, 2.24) is 19.5 Å². The van der Waals surface area contributed by atoms with Crippen LogP contribution in [0.25, 0.3) is 10.9 Å². The lowest BCUT2D eigenvalue weighted by Crippen LogP contribution is -2.52. The lowest BCUT2D eigenvalue weighted by Gasteiger charge is -2.34. The van der Waals surface area contributed by atoms with E-state index >= 15 is 0 Å². The van der Waals surface area contributed by atoms with Gasteiger partial charge in [0.05, 0.1) is 22.5 Å². The Hall–Kier alpha value is -3.14. The maximum atomic E-state index is 14.7. The Morgan fingerprint density at radius 3 is 2.47 bits per heavy atom. The van der Waals surface area contributed by atoms with Crippen LogP contribution in [-0.4, -0.2) is 52.8 Å². The van der Waals surface area contributed by atoms with Gasteiger partial charge in [-0.3, -0.25) is 4.79 Å². The second-order valence-electron chi connectivity index (χ2n) is 8.05. The van der Waals surface area contributed by atoms with Crippen molar-refractivity contribution in [1.29, 1.82) is 0 Å². The van der Waals surface area contributed by atoms with Crippen molar-refractivity contribution in [3.8, 4) is 0 Å². The fourth-order valence-electron chi connectivity index (χ4n) is 3.91. The van der Waals surface area contributed by atoms with Crippen molar-refractivity contribution in [2.45, 2.75) is 26.3 Å². The molecule has 10 heteroatoms. The summed E-state index contributed by atoms with van der Waals surface area (Å²) in [4.78, 5) is 23.7. The van der Waals surface area contributed by atoms with E-state index in [1.165, 1.54) is 18.2 Å². The van der Waals surface area contributed by atoms with Crippen LogP contribution in [0.2, 0.25) is 0 Å². The molecule has 3 heterocycles. The van der Waals surface area contributed by atoms with Crippen LogP contribution in [0.15, 0.2) is 35.3 Å². The van der Waals surface area contributed by atoms with Crippen molar-refractivity contribution in [2.24, 2.45) is 0 Å². The molecular weight excluding hydrogens is 421 g/mol. The first-order valence-electron chi connectivity index (χ1n) is 10.4. The van der Waals surface area contributed by atoms with E-state index in [-0.39, 0.29) is 11.1 Å². The molecule has 0 spiro atoms. The minimum Gasteiger partial charge on any atom is -0.363 e. The molecule has 1 atom stereocenters. The largest absolute Gasteiger partial charge is 0.363 e. The third-order valence-electron chi connectivity index (χ3n) is 5.72. The summed E-state index contributed by atoms with van der Waals surface area (Å²) in [7, 11) is 2.03. The molecule has 1 aliphatic heterocycles. The maximum absolute atomic E-state index is 14.7. The summed E-state index contributed by atoms with van der Waals surface area (Å²) in [5.74, 6) is -0.0950. The van der Waals surface area contributed by atoms with Gasteiger partial charge in [-0.15, -0.1) is 0 Å². The fourth-order valence-corrected chi connectivity index (χ4v) is 3.91. The number of hydrogen-bond donors (Lipinski definition) is 1. The van der Waals surface area contributed by atoms with Crippen LogP contribution in [-0.2, 0) is 0 Å². The molecule has 0 unspecified atom stereocenters. The Bertz CT molecular complexity index is 1190. The van der Waals surface area contributed by atoms with Gasteiger partial charge in [0.2, 0.25) is 0 Å². The van der Waals surface area contributed by atoms with E-state index in [0.29, 0.717) is 35.6 Å². The first-order valence-corrected chi connectivity index (χ1v) is 10.4. The van der Waals surface area contributed by atoms with Crippen LogP contribution in [0.3, 0.4) is 0 Å². The zero-order chi connectivity index (χ0) is 23.0. The molecule has 1 aliphatic rings. The molecule has 4 rings (SSSR count). The summed E-state index contributed by atoms with van der Waals surface area (Å²) in [5, 5.41) is 5.68. The molecule has 7 nitrogen and oxygen atoms in total. The third kappa shape index (κ3) is 4.27. The highest BCUT2D eigenvalue weighted by Crippen LogP contribution is 2.30. The Balaban J connectivity index is 1.73. The van der Waals surface area contributed by atoms with Crippen molar-refractivity contribution < 1.29 is 13.2 Å². The topological polar surface area (TPSA) is 66.3 Å². The number of hydrogen-bond acceptors (Lipinski definition) is 6. The molecule has 1 aromatic carbocycles. The van der Waals surface area contributed by atoms with Crippen molar-refractivity contribution in [3.05, 3.63) is 63.6 Å². The highest BCUT2D eigenvalue weighted by atomic mass is 19.3. The number of anilines is 1. The van der Waals surface area contributed by atoms with Gasteiger partial charge in [-0.25, -0.2) is 27.8 Å². The SMILES string of the molecule is Cc1nc(N[C@H](C)c2cccc(C(F)F)c2F)c2cn(N3CCN(C)CC3)c(=O)cc2n1. The van der Waals surface area contributed by atoms with Crippen molar-refractivity contribution in [2.75, 3.05) is 43.6 Å². The molecule has 1 saturated heterocycles. The normalized spacial score (nSPS) is 16.0. The molecule has 0 aliphatic carbocycles. The molecule has 0 saturated carbocycles. The molecular formula is C22H25F3N6O. The second kappa shape index (κ2) is 8.78. The van der Waals surface area contributed by atoms with Crippen LogP contribution in [0.4, 0.5) is 19.0 Å². The van der Waals surface area contributed by atoms with Gasteiger partial charge in [0, 0.05) is 44.0 Å². The van der Waals surface area contributed by atoms with Crippen molar-refractivity contribution in [3.63, 3.8) is 0 Å². The monoisotopic (exact) mass is 446 g/mol. The highest BCUT2D eigenvalue weighted by Gasteiger charge is 2.21. The van der Waals surface area contributed by atoms with E-state index in [2.05, 4.69) is 20.2 Å². The number of aryl methyl sites for hydroxylation is 1. The third-order valence-corrected chi connectivity index (χ3v) is 5.72. The molecule has 1 fully saturated rings. The Kier molecular flexibility index (Phi) is 6.05. The molecule has 1 N–H and O–H groups in total. The van der Waals surface area contributed by atoms with Gasteiger partial charge in [-0.05, 0) is 20.9 Å². The lowest BCUT2D eigenvalue weighted by atomic mass is 10.0. The van der Waals surface area contributed by atoms with E-state index in [4.69, 9.17) is 0 Å². The number of piperazine rings is 1. The van der Waals surface area contributed by atoms with E-state index in [0.717, 1.165) is 19.2 Å². The predicted octanol–water partition coefficient (Wildman–Crippen LogP) is 3.23. The van der Waals surface area contributed by atoms with E-state index in [9.17, 15) is 18.0 Å². The van der Waals surface area contributed by atoms with Gasteiger partial charge < -0.3 is 15.2 Å². The number of benzene rings is 1. The average molecular weight is 446 g/mol. The molecule has 2 aromatic heterocycles. The summed E-state index contributed by atoms with van der Waals surface area (Å²) in [6.07, 6.45) is -1.22. The van der Waals surface area contributed by atoms with E-state index < -0.39 is 23.8 Å². The number of aromatic nitrogens is 3. The number of alkyl halides is 2. The van der Waals surface area contributed by atoms with Gasteiger partial charge in [-0.2, -0.15) is 0 Å².